The van der Waals surface area contributed by atoms with Gasteiger partial charge in [0.2, 0.25) is 11.6 Å². The number of hydrogen-bond acceptors (Lipinski definition) is 6. The Balaban J connectivity index is 0.00000312. The first-order chi connectivity index (χ1) is 11.3. The van der Waals surface area contributed by atoms with Gasteiger partial charge in [-0.3, -0.25) is 9.89 Å². The molecule has 0 radical (unpaired) electrons. The largest absolute Gasteiger partial charge is 0.451 e. The molecule has 13 heteroatoms. The molecule has 140 valence electrons. The number of halogens is 4. The van der Waals surface area contributed by atoms with Gasteiger partial charge in [-0.15, -0.1) is 22.6 Å². The number of rotatable bonds is 7. The first-order valence-corrected chi connectivity index (χ1v) is 7.25. The number of aromatic amines is 1. The Labute approximate surface area is 147 Å². The van der Waals surface area contributed by atoms with Crippen LogP contribution in [0.1, 0.15) is 35.6 Å². The molecule has 0 aromatic carbocycles. The van der Waals surface area contributed by atoms with Gasteiger partial charge in [0.15, 0.2) is 0 Å². The molecule has 0 fully saturated rings. The first-order valence-electron chi connectivity index (χ1n) is 7.25. The van der Waals surface area contributed by atoms with E-state index in [9.17, 15) is 18.0 Å². The van der Waals surface area contributed by atoms with E-state index < -0.39 is 17.9 Å². The molecule has 0 aliphatic carbocycles. The van der Waals surface area contributed by atoms with E-state index in [0.29, 0.717) is 13.1 Å². The first kappa shape index (κ1) is 20.8. The van der Waals surface area contributed by atoms with Crippen LogP contribution in [0.25, 0.3) is 5.95 Å². The van der Waals surface area contributed by atoms with Gasteiger partial charge < -0.3 is 10.6 Å². The highest BCUT2D eigenvalue weighted by Crippen LogP contribution is 2.26. The van der Waals surface area contributed by atoms with E-state index in [-0.39, 0.29) is 30.0 Å². The van der Waals surface area contributed by atoms with Gasteiger partial charge >= 0.3 is 6.18 Å². The molecule has 0 spiro atoms. The smallest absolute Gasteiger partial charge is 0.348 e. The second kappa shape index (κ2) is 8.76. The fourth-order valence-corrected chi connectivity index (χ4v) is 1.80. The third-order valence-corrected chi connectivity index (χ3v) is 2.92. The lowest BCUT2D eigenvalue weighted by Crippen LogP contribution is -2.32. The number of alkyl halides is 3. The summed E-state index contributed by atoms with van der Waals surface area (Å²) in [6, 6.07) is 0. The fourth-order valence-electron chi connectivity index (χ4n) is 1.80. The van der Waals surface area contributed by atoms with Crippen LogP contribution < -0.4 is 10.6 Å². The molecule has 2 heterocycles. The fraction of sp³-hybridized carbons (Fsp3) is 0.583. The van der Waals surface area contributed by atoms with Gasteiger partial charge in [-0.2, -0.15) is 22.8 Å². The van der Waals surface area contributed by atoms with Crippen molar-refractivity contribution in [3.05, 3.63) is 17.5 Å². The van der Waals surface area contributed by atoms with Crippen molar-refractivity contribution in [3.8, 4) is 5.95 Å². The van der Waals surface area contributed by atoms with E-state index in [4.69, 9.17) is 0 Å². The summed E-state index contributed by atoms with van der Waals surface area (Å²) in [5.41, 5.74) is 0. The zero-order valence-electron chi connectivity index (χ0n) is 13.5. The van der Waals surface area contributed by atoms with Crippen molar-refractivity contribution in [1.82, 2.24) is 40.6 Å². The number of aromatic nitrogens is 6. The molecule has 2 rings (SSSR count). The molecule has 9 nitrogen and oxygen atoms in total. The molecule has 0 saturated carbocycles. The maximum Gasteiger partial charge on any atom is 0.451 e. The number of nitrogens with one attached hydrogen (secondary N) is 3. The van der Waals surface area contributed by atoms with E-state index >= 15 is 0 Å². The Bertz CT molecular complexity index is 699. The lowest BCUT2D eigenvalue weighted by atomic mass is 10.4. The number of aryl methyl sites for hydroxylation is 1. The second-order valence-electron chi connectivity index (χ2n) is 4.88. The minimum absolute atomic E-state index is 0. The normalized spacial score (nSPS) is 11.2. The van der Waals surface area contributed by atoms with Crippen molar-refractivity contribution in [3.63, 3.8) is 0 Å². The minimum atomic E-state index is -4.65. The average molecular weight is 383 g/mol. The Hall–Kier alpha value is -2.21. The molecular formula is C12H18ClF3N8O. The van der Waals surface area contributed by atoms with Gasteiger partial charge in [-0.1, -0.05) is 6.92 Å². The highest BCUT2D eigenvalue weighted by atomic mass is 35.5. The summed E-state index contributed by atoms with van der Waals surface area (Å²) in [4.78, 5) is 19.2. The van der Waals surface area contributed by atoms with Gasteiger partial charge in [-0.05, 0) is 19.9 Å². The summed E-state index contributed by atoms with van der Waals surface area (Å²) in [7, 11) is 0. The quantitative estimate of drug-likeness (QED) is 0.612. The van der Waals surface area contributed by atoms with Gasteiger partial charge in [0.25, 0.3) is 11.9 Å². The van der Waals surface area contributed by atoms with Crippen molar-refractivity contribution in [1.29, 1.82) is 0 Å². The summed E-state index contributed by atoms with van der Waals surface area (Å²) >= 11 is 0. The van der Waals surface area contributed by atoms with Gasteiger partial charge in [-0.25, -0.2) is 4.98 Å². The van der Waals surface area contributed by atoms with Crippen molar-refractivity contribution in [2.45, 2.75) is 26.4 Å². The molecule has 2 aromatic rings. The lowest BCUT2D eigenvalue weighted by molar-refractivity contribution is -0.144. The minimum Gasteiger partial charge on any atom is -0.348 e. The summed E-state index contributed by atoms with van der Waals surface area (Å²) in [6.45, 7) is 5.32. The Morgan fingerprint density at radius 1 is 1.24 bits per heavy atom. The maximum atomic E-state index is 12.5. The van der Waals surface area contributed by atoms with Crippen LogP contribution in [0.3, 0.4) is 0 Å². The summed E-state index contributed by atoms with van der Waals surface area (Å²) in [5.74, 6) is -2.09. The molecule has 0 aliphatic rings. The molecule has 0 saturated heterocycles. The molecule has 2 aromatic heterocycles. The number of carbonyl (C=O) groups excluding carboxylic acids is 1. The predicted octanol–water partition coefficient (Wildman–Crippen LogP) is 0.864. The van der Waals surface area contributed by atoms with E-state index in [1.54, 1.807) is 5.10 Å². The van der Waals surface area contributed by atoms with E-state index in [1.807, 2.05) is 6.92 Å². The summed E-state index contributed by atoms with van der Waals surface area (Å²) in [6.07, 6.45) is -3.67. The molecule has 25 heavy (non-hydrogen) atoms. The predicted molar refractivity (Wildman–Crippen MR) is 83.8 cm³/mol. The molecule has 0 atom stereocenters. The van der Waals surface area contributed by atoms with Crippen molar-refractivity contribution >= 4 is 18.3 Å². The van der Waals surface area contributed by atoms with Crippen LogP contribution in [0.5, 0.6) is 0 Å². The van der Waals surface area contributed by atoms with E-state index in [0.717, 1.165) is 17.6 Å². The van der Waals surface area contributed by atoms with E-state index in [2.05, 4.69) is 30.8 Å². The molecular weight excluding hydrogens is 365 g/mol. The zero-order valence-corrected chi connectivity index (χ0v) is 14.3. The Morgan fingerprint density at radius 2 is 1.96 bits per heavy atom. The molecule has 0 bridgehead atoms. The number of hydrogen-bond donors (Lipinski definition) is 3. The SMILES string of the molecule is CCCNCCNC(=O)c1nc(C)n(-c2n[nH]c(C(F)(F)F)n2)n1.Cl. The third kappa shape index (κ3) is 5.39. The van der Waals surface area contributed by atoms with Crippen LogP contribution in [-0.4, -0.2) is 55.5 Å². The lowest BCUT2D eigenvalue weighted by Gasteiger charge is -2.03. The summed E-state index contributed by atoms with van der Waals surface area (Å²) in [5, 5.41) is 14.8. The summed E-state index contributed by atoms with van der Waals surface area (Å²) < 4.78 is 38.6. The van der Waals surface area contributed by atoms with Crippen LogP contribution in [0, 0.1) is 6.92 Å². The molecule has 1 amide bonds. The van der Waals surface area contributed by atoms with Crippen LogP contribution in [0.2, 0.25) is 0 Å². The van der Waals surface area contributed by atoms with E-state index in [1.165, 1.54) is 6.92 Å². The van der Waals surface area contributed by atoms with Crippen LogP contribution in [0.15, 0.2) is 0 Å². The molecule has 0 unspecified atom stereocenters. The third-order valence-electron chi connectivity index (χ3n) is 2.92. The van der Waals surface area contributed by atoms with Crippen molar-refractivity contribution in [2.75, 3.05) is 19.6 Å². The topological polar surface area (TPSA) is 113 Å². The standard InChI is InChI=1S/C12H17F3N8O.ClH/c1-3-4-16-5-6-17-9(24)8-18-7(2)23(22-8)11-19-10(20-21-11)12(13,14)15;/h16H,3-6H2,1-2H3,(H,17,24)(H,19,20,21);1H. The highest BCUT2D eigenvalue weighted by molar-refractivity contribution is 5.90. The van der Waals surface area contributed by atoms with Gasteiger partial charge in [0.1, 0.15) is 5.82 Å². The number of nitrogens with zero attached hydrogens (tertiary/aromatic N) is 5. The molecule has 0 aliphatic heterocycles. The Kier molecular flexibility index (Phi) is 7.30. The maximum absolute atomic E-state index is 12.5. The monoisotopic (exact) mass is 382 g/mol. The second-order valence-corrected chi connectivity index (χ2v) is 4.88. The Morgan fingerprint density at radius 3 is 2.56 bits per heavy atom. The van der Waals surface area contributed by atoms with Crippen molar-refractivity contribution in [2.24, 2.45) is 0 Å². The highest BCUT2D eigenvalue weighted by Gasteiger charge is 2.35. The number of amides is 1. The van der Waals surface area contributed by atoms with Crippen LogP contribution in [-0.2, 0) is 6.18 Å². The van der Waals surface area contributed by atoms with Crippen LogP contribution >= 0.6 is 12.4 Å². The number of H-pyrrole nitrogens is 1. The number of carbonyl (C=O) groups is 1. The molecule has 3 N–H and O–H groups in total. The zero-order chi connectivity index (χ0) is 17.7. The van der Waals surface area contributed by atoms with Crippen molar-refractivity contribution < 1.29 is 18.0 Å². The average Bonchev–Trinajstić information content (AvgIpc) is 3.12. The van der Waals surface area contributed by atoms with Gasteiger partial charge in [0.05, 0.1) is 0 Å². The van der Waals surface area contributed by atoms with Gasteiger partial charge in [0, 0.05) is 13.1 Å². The van der Waals surface area contributed by atoms with Crippen LogP contribution in [0.4, 0.5) is 13.2 Å².